The van der Waals surface area contributed by atoms with E-state index >= 15 is 0 Å². The molecule has 1 aromatic carbocycles. The van der Waals surface area contributed by atoms with Crippen LogP contribution in [0, 0.1) is 11.8 Å². The third kappa shape index (κ3) is 8.46. The number of hydrogen-bond acceptors (Lipinski definition) is 6. The van der Waals surface area contributed by atoms with Gasteiger partial charge < -0.3 is 25.8 Å². The van der Waals surface area contributed by atoms with Gasteiger partial charge in [-0.2, -0.15) is 5.10 Å². The summed E-state index contributed by atoms with van der Waals surface area (Å²) in [6.45, 7) is 9.12. The van der Waals surface area contributed by atoms with Crippen LogP contribution in [0.5, 0.6) is 0 Å². The number of aromatic nitrogens is 2. The predicted octanol–water partition coefficient (Wildman–Crippen LogP) is 3.84. The quantitative estimate of drug-likeness (QED) is 0.263. The molecule has 4 rings (SSSR count). The Labute approximate surface area is 261 Å². The van der Waals surface area contributed by atoms with Crippen molar-refractivity contribution in [2.45, 2.75) is 84.2 Å². The van der Waals surface area contributed by atoms with Gasteiger partial charge in [-0.25, -0.2) is 4.68 Å². The summed E-state index contributed by atoms with van der Waals surface area (Å²) in [6.07, 6.45) is 7.84. The Morgan fingerprint density at radius 3 is 2.14 bits per heavy atom. The van der Waals surface area contributed by atoms with Gasteiger partial charge >= 0.3 is 0 Å². The smallest absolute Gasteiger partial charge is 0.245 e. The Hall–Kier alpha value is -3.73. The van der Waals surface area contributed by atoms with Crippen molar-refractivity contribution < 1.29 is 19.2 Å². The standard InChI is InChI=1S/C33H49N7O4/c1-5-28(41)37-30(33(44)39-21-19-38(4)20-22-39)23(3)24-13-15-26(16-14-24)35-31(42)29(25-11-9-7-8-10-12-25)32(43)36-27-17-18-34-40(27)6-2/h13-18,23,25,29-30H,5-12,19-22H2,1-4H3,(H,35,42)(H,36,43)(H,37,41)/t23-,29-,30+/m0/s1. The summed E-state index contributed by atoms with van der Waals surface area (Å²) in [7, 11) is 2.04. The fourth-order valence-electron chi connectivity index (χ4n) is 6.27. The number of aryl methyl sites for hydroxylation is 1. The first-order chi connectivity index (χ1) is 21.2. The lowest BCUT2D eigenvalue weighted by atomic mass is 9.84. The lowest BCUT2D eigenvalue weighted by molar-refractivity contribution is -0.138. The minimum Gasteiger partial charge on any atom is -0.344 e. The van der Waals surface area contributed by atoms with E-state index in [0.717, 1.165) is 57.2 Å². The predicted molar refractivity (Wildman–Crippen MR) is 171 cm³/mol. The van der Waals surface area contributed by atoms with Crippen molar-refractivity contribution in [3.05, 3.63) is 42.1 Å². The fourth-order valence-corrected chi connectivity index (χ4v) is 6.27. The fraction of sp³-hybridized carbons (Fsp3) is 0.606. The van der Waals surface area contributed by atoms with Crippen molar-refractivity contribution in [3.63, 3.8) is 0 Å². The number of rotatable bonds is 11. The number of piperazine rings is 1. The number of likely N-dealkylation sites (N-methyl/N-ethyl adjacent to an activating group) is 1. The first kappa shape index (κ1) is 33.2. The molecule has 0 spiro atoms. The molecule has 11 heteroatoms. The zero-order valence-corrected chi connectivity index (χ0v) is 26.7. The molecular weight excluding hydrogens is 558 g/mol. The van der Waals surface area contributed by atoms with Crippen LogP contribution in [0.3, 0.4) is 0 Å². The van der Waals surface area contributed by atoms with Crippen LogP contribution in [-0.4, -0.2) is 82.5 Å². The summed E-state index contributed by atoms with van der Waals surface area (Å²) in [4.78, 5) is 57.3. The van der Waals surface area contributed by atoms with E-state index < -0.39 is 12.0 Å². The summed E-state index contributed by atoms with van der Waals surface area (Å²) < 4.78 is 1.70. The molecule has 2 heterocycles. The molecule has 4 amide bonds. The maximum absolute atomic E-state index is 13.7. The van der Waals surface area contributed by atoms with Gasteiger partial charge in [-0.1, -0.05) is 51.7 Å². The third-order valence-corrected chi connectivity index (χ3v) is 9.13. The summed E-state index contributed by atoms with van der Waals surface area (Å²) in [5, 5.41) is 13.1. The van der Waals surface area contributed by atoms with Crippen LogP contribution in [0.25, 0.3) is 0 Å². The van der Waals surface area contributed by atoms with Crippen molar-refractivity contribution in [2.75, 3.05) is 43.9 Å². The van der Waals surface area contributed by atoms with Crippen LogP contribution in [0.2, 0.25) is 0 Å². The Morgan fingerprint density at radius 2 is 1.52 bits per heavy atom. The molecule has 0 unspecified atom stereocenters. The van der Waals surface area contributed by atoms with E-state index in [1.165, 1.54) is 0 Å². The zero-order chi connectivity index (χ0) is 31.6. The van der Waals surface area contributed by atoms with E-state index in [0.29, 0.717) is 37.6 Å². The summed E-state index contributed by atoms with van der Waals surface area (Å²) in [5.74, 6) is -1.46. The monoisotopic (exact) mass is 607 g/mol. The van der Waals surface area contributed by atoms with Gasteiger partial charge in [0.15, 0.2) is 0 Å². The van der Waals surface area contributed by atoms with Gasteiger partial charge in [0.05, 0.1) is 6.20 Å². The minimum atomic E-state index is -0.832. The van der Waals surface area contributed by atoms with E-state index in [4.69, 9.17) is 0 Å². The first-order valence-corrected chi connectivity index (χ1v) is 16.2. The number of amides is 4. The molecule has 3 N–H and O–H groups in total. The van der Waals surface area contributed by atoms with Crippen molar-refractivity contribution in [1.82, 2.24) is 24.9 Å². The number of nitrogens with zero attached hydrogens (tertiary/aromatic N) is 4. The molecule has 1 saturated heterocycles. The van der Waals surface area contributed by atoms with E-state index in [2.05, 4.69) is 25.9 Å². The van der Waals surface area contributed by atoms with Gasteiger partial charge in [0.25, 0.3) is 0 Å². The molecule has 240 valence electrons. The van der Waals surface area contributed by atoms with Crippen molar-refractivity contribution >= 4 is 35.1 Å². The van der Waals surface area contributed by atoms with Gasteiger partial charge in [0.2, 0.25) is 23.6 Å². The zero-order valence-electron chi connectivity index (χ0n) is 26.7. The lowest BCUT2D eigenvalue weighted by Crippen LogP contribution is -2.55. The van der Waals surface area contributed by atoms with Crippen LogP contribution in [0.15, 0.2) is 36.5 Å². The van der Waals surface area contributed by atoms with Gasteiger partial charge in [0, 0.05) is 56.8 Å². The SMILES string of the molecule is CCC(=O)N[C@@H](C(=O)N1CCN(C)CC1)[C@@H](C)c1ccc(NC(=O)[C@@H](C(=O)Nc2ccnn2CC)C2CCCCCC2)cc1. The molecule has 0 radical (unpaired) electrons. The van der Waals surface area contributed by atoms with Crippen LogP contribution in [0.4, 0.5) is 11.5 Å². The highest BCUT2D eigenvalue weighted by Gasteiger charge is 2.36. The van der Waals surface area contributed by atoms with Gasteiger partial charge in [-0.3, -0.25) is 19.2 Å². The number of nitrogens with one attached hydrogen (secondary N) is 3. The molecular formula is C33H49N7O4. The Bertz CT molecular complexity index is 1260. The highest BCUT2D eigenvalue weighted by atomic mass is 16.2. The van der Waals surface area contributed by atoms with Gasteiger partial charge in [0.1, 0.15) is 17.8 Å². The first-order valence-electron chi connectivity index (χ1n) is 16.2. The average Bonchev–Trinajstić information content (AvgIpc) is 3.31. The van der Waals surface area contributed by atoms with E-state index in [1.807, 2.05) is 37.9 Å². The van der Waals surface area contributed by atoms with Crippen molar-refractivity contribution in [2.24, 2.45) is 11.8 Å². The van der Waals surface area contributed by atoms with E-state index in [1.54, 1.807) is 36.0 Å². The molecule has 2 aliphatic rings. The largest absolute Gasteiger partial charge is 0.344 e. The molecule has 2 aromatic rings. The topological polar surface area (TPSA) is 129 Å². The maximum Gasteiger partial charge on any atom is 0.245 e. The molecule has 0 bridgehead atoms. The third-order valence-electron chi connectivity index (χ3n) is 9.13. The van der Waals surface area contributed by atoms with Crippen molar-refractivity contribution in [1.29, 1.82) is 0 Å². The maximum atomic E-state index is 13.7. The summed E-state index contributed by atoms with van der Waals surface area (Å²) in [6, 6.07) is 8.42. The Morgan fingerprint density at radius 1 is 0.886 bits per heavy atom. The van der Waals surface area contributed by atoms with Crippen LogP contribution >= 0.6 is 0 Å². The molecule has 1 aromatic heterocycles. The highest BCUT2D eigenvalue weighted by Crippen LogP contribution is 2.31. The highest BCUT2D eigenvalue weighted by molar-refractivity contribution is 6.10. The molecule has 11 nitrogen and oxygen atoms in total. The van der Waals surface area contributed by atoms with Crippen molar-refractivity contribution in [3.8, 4) is 0 Å². The minimum absolute atomic E-state index is 0.0432. The van der Waals surface area contributed by atoms with E-state index in [-0.39, 0.29) is 35.5 Å². The lowest BCUT2D eigenvalue weighted by Gasteiger charge is -2.36. The van der Waals surface area contributed by atoms with Crippen LogP contribution in [0.1, 0.15) is 77.2 Å². The van der Waals surface area contributed by atoms with Crippen LogP contribution < -0.4 is 16.0 Å². The number of carbonyl (C=O) groups is 4. The molecule has 1 aliphatic heterocycles. The number of hydrogen-bond donors (Lipinski definition) is 3. The normalized spacial score (nSPS) is 18.5. The number of carbonyl (C=O) groups excluding carboxylic acids is 4. The van der Waals surface area contributed by atoms with Gasteiger partial charge in [-0.05, 0) is 50.4 Å². The van der Waals surface area contributed by atoms with E-state index in [9.17, 15) is 19.2 Å². The Balaban J connectivity index is 1.48. The molecule has 2 fully saturated rings. The second-order valence-electron chi connectivity index (χ2n) is 12.2. The summed E-state index contributed by atoms with van der Waals surface area (Å²) >= 11 is 0. The van der Waals surface area contributed by atoms with Crippen LogP contribution in [-0.2, 0) is 25.7 Å². The Kier molecular flexibility index (Phi) is 11.9. The molecule has 44 heavy (non-hydrogen) atoms. The number of benzene rings is 1. The molecule has 3 atom stereocenters. The average molecular weight is 608 g/mol. The second kappa shape index (κ2) is 15.8. The number of anilines is 2. The molecule has 1 aliphatic carbocycles. The molecule has 1 saturated carbocycles. The second-order valence-corrected chi connectivity index (χ2v) is 12.2. The van der Waals surface area contributed by atoms with Gasteiger partial charge in [-0.15, -0.1) is 0 Å². The summed E-state index contributed by atoms with van der Waals surface area (Å²) in [5.41, 5.74) is 1.45.